The average molecular weight is 320 g/mol. The van der Waals surface area contributed by atoms with Gasteiger partial charge in [0.15, 0.2) is 0 Å². The van der Waals surface area contributed by atoms with Crippen molar-refractivity contribution >= 4 is 11.8 Å². The first kappa shape index (κ1) is 15.4. The van der Waals surface area contributed by atoms with E-state index in [0.717, 1.165) is 58.4 Å². The molecule has 3 saturated heterocycles. The summed E-state index contributed by atoms with van der Waals surface area (Å²) in [4.78, 5) is 28.9. The van der Waals surface area contributed by atoms with Gasteiger partial charge in [-0.2, -0.15) is 0 Å². The van der Waals surface area contributed by atoms with Gasteiger partial charge in [-0.1, -0.05) is 6.42 Å². The van der Waals surface area contributed by atoms with Crippen LogP contribution in [0.1, 0.15) is 51.4 Å². The summed E-state index contributed by atoms with van der Waals surface area (Å²) in [6, 6.07) is 0.418. The van der Waals surface area contributed by atoms with Crippen LogP contribution in [0.25, 0.3) is 0 Å². The highest BCUT2D eigenvalue weighted by Gasteiger charge is 2.59. The molecule has 0 aromatic heterocycles. The Morgan fingerprint density at radius 2 is 1.96 bits per heavy atom. The van der Waals surface area contributed by atoms with Crippen LogP contribution < -0.4 is 0 Å². The van der Waals surface area contributed by atoms with Gasteiger partial charge in [-0.15, -0.1) is 0 Å². The molecule has 0 radical (unpaired) electrons. The summed E-state index contributed by atoms with van der Waals surface area (Å²) in [7, 11) is 0. The second-order valence-corrected chi connectivity index (χ2v) is 7.90. The van der Waals surface area contributed by atoms with Crippen molar-refractivity contribution in [3.63, 3.8) is 0 Å². The first-order chi connectivity index (χ1) is 11.2. The van der Waals surface area contributed by atoms with Crippen molar-refractivity contribution in [2.75, 3.05) is 32.8 Å². The standard InChI is InChI=1S/C18H28N2O3/c21-15-4-2-1-3-9-19(15)12-16(22)20-13-18(7-10-23-11-8-18)17(20)14-5-6-14/h14,17H,1-13H2. The summed E-state index contributed by atoms with van der Waals surface area (Å²) in [6.45, 7) is 3.63. The molecule has 4 aliphatic rings. The molecule has 1 atom stereocenters. The fraction of sp³-hybridized carbons (Fsp3) is 0.889. The monoisotopic (exact) mass is 320 g/mol. The Hall–Kier alpha value is -1.10. The normalized spacial score (nSPS) is 31.0. The highest BCUT2D eigenvalue weighted by molar-refractivity contribution is 5.85. The third kappa shape index (κ3) is 2.88. The van der Waals surface area contributed by atoms with E-state index in [2.05, 4.69) is 4.90 Å². The number of amides is 2. The van der Waals surface area contributed by atoms with E-state index in [0.29, 0.717) is 30.3 Å². The van der Waals surface area contributed by atoms with Gasteiger partial charge in [0.1, 0.15) is 0 Å². The largest absolute Gasteiger partial charge is 0.381 e. The molecular formula is C18H28N2O3. The van der Waals surface area contributed by atoms with Crippen LogP contribution in [0.3, 0.4) is 0 Å². The van der Waals surface area contributed by atoms with Gasteiger partial charge in [-0.3, -0.25) is 9.59 Å². The molecular weight excluding hydrogens is 292 g/mol. The molecule has 0 bridgehead atoms. The van der Waals surface area contributed by atoms with E-state index >= 15 is 0 Å². The van der Waals surface area contributed by atoms with E-state index in [1.165, 1.54) is 12.8 Å². The van der Waals surface area contributed by atoms with E-state index < -0.39 is 0 Å². The van der Waals surface area contributed by atoms with Crippen molar-refractivity contribution in [2.24, 2.45) is 11.3 Å². The number of hydrogen-bond donors (Lipinski definition) is 0. The minimum Gasteiger partial charge on any atom is -0.381 e. The molecule has 1 spiro atoms. The zero-order valence-corrected chi connectivity index (χ0v) is 14.0. The van der Waals surface area contributed by atoms with Crippen LogP contribution in [0.2, 0.25) is 0 Å². The van der Waals surface area contributed by atoms with Crippen LogP contribution >= 0.6 is 0 Å². The van der Waals surface area contributed by atoms with Crippen molar-refractivity contribution in [2.45, 2.75) is 57.4 Å². The first-order valence-corrected chi connectivity index (χ1v) is 9.35. The average Bonchev–Trinajstić information content (AvgIpc) is 3.37. The quantitative estimate of drug-likeness (QED) is 0.797. The number of rotatable bonds is 3. The molecule has 0 N–H and O–H groups in total. The highest BCUT2D eigenvalue weighted by Crippen LogP contribution is 2.54. The Morgan fingerprint density at radius 1 is 1.17 bits per heavy atom. The Morgan fingerprint density at radius 3 is 2.70 bits per heavy atom. The number of likely N-dealkylation sites (tertiary alicyclic amines) is 2. The maximum atomic E-state index is 12.8. The minimum absolute atomic E-state index is 0.167. The lowest BCUT2D eigenvalue weighted by molar-refractivity contribution is -0.173. The van der Waals surface area contributed by atoms with Gasteiger partial charge in [-0.05, 0) is 44.4 Å². The summed E-state index contributed by atoms with van der Waals surface area (Å²) in [5.41, 5.74) is 0.317. The fourth-order valence-corrected chi connectivity index (χ4v) is 4.85. The fourth-order valence-electron chi connectivity index (χ4n) is 4.85. The Kier molecular flexibility index (Phi) is 4.08. The van der Waals surface area contributed by atoms with Gasteiger partial charge in [0.05, 0.1) is 6.54 Å². The first-order valence-electron chi connectivity index (χ1n) is 9.35. The van der Waals surface area contributed by atoms with E-state index in [-0.39, 0.29) is 11.8 Å². The maximum absolute atomic E-state index is 12.8. The number of carbonyl (C=O) groups is 2. The molecule has 1 unspecified atom stereocenters. The topological polar surface area (TPSA) is 49.9 Å². The number of hydrogen-bond acceptors (Lipinski definition) is 3. The van der Waals surface area contributed by atoms with Crippen LogP contribution in [0, 0.1) is 11.3 Å². The predicted octanol–water partition coefficient (Wildman–Crippen LogP) is 1.81. The second-order valence-electron chi connectivity index (χ2n) is 7.90. The lowest BCUT2D eigenvalue weighted by Crippen LogP contribution is -2.69. The predicted molar refractivity (Wildman–Crippen MR) is 85.8 cm³/mol. The van der Waals surface area contributed by atoms with E-state index in [1.54, 1.807) is 4.90 Å². The van der Waals surface area contributed by atoms with Crippen molar-refractivity contribution in [1.29, 1.82) is 0 Å². The molecule has 4 rings (SSSR count). The smallest absolute Gasteiger partial charge is 0.242 e. The summed E-state index contributed by atoms with van der Waals surface area (Å²) in [6.07, 6.45) is 8.45. The zero-order valence-electron chi connectivity index (χ0n) is 14.0. The molecule has 2 amide bonds. The lowest BCUT2D eigenvalue weighted by Gasteiger charge is -2.60. The molecule has 1 saturated carbocycles. The molecule has 1 aliphatic carbocycles. The molecule has 3 heterocycles. The summed E-state index contributed by atoms with van der Waals surface area (Å²) >= 11 is 0. The van der Waals surface area contributed by atoms with E-state index in [1.807, 2.05) is 0 Å². The molecule has 128 valence electrons. The third-order valence-electron chi connectivity index (χ3n) is 6.32. The SMILES string of the molecule is O=C1CCCCCN1CC(=O)N1CC2(CCOCC2)C1C1CC1. The molecule has 5 nitrogen and oxygen atoms in total. The van der Waals surface area contributed by atoms with Gasteiger partial charge in [0.25, 0.3) is 0 Å². The van der Waals surface area contributed by atoms with E-state index in [9.17, 15) is 9.59 Å². The van der Waals surface area contributed by atoms with Crippen LogP contribution in [0.15, 0.2) is 0 Å². The van der Waals surface area contributed by atoms with Crippen LogP contribution in [0.4, 0.5) is 0 Å². The molecule has 3 aliphatic heterocycles. The number of nitrogens with zero attached hydrogens (tertiary/aromatic N) is 2. The Bertz CT molecular complexity index is 483. The Balaban J connectivity index is 1.41. The van der Waals surface area contributed by atoms with Crippen molar-refractivity contribution in [3.05, 3.63) is 0 Å². The minimum atomic E-state index is 0.167. The van der Waals surface area contributed by atoms with Gasteiger partial charge in [0, 0.05) is 44.2 Å². The number of ether oxygens (including phenoxy) is 1. The van der Waals surface area contributed by atoms with Crippen molar-refractivity contribution < 1.29 is 14.3 Å². The van der Waals surface area contributed by atoms with Crippen LogP contribution in [0.5, 0.6) is 0 Å². The van der Waals surface area contributed by atoms with E-state index in [4.69, 9.17) is 4.74 Å². The third-order valence-corrected chi connectivity index (χ3v) is 6.32. The highest BCUT2D eigenvalue weighted by atomic mass is 16.5. The maximum Gasteiger partial charge on any atom is 0.242 e. The molecule has 23 heavy (non-hydrogen) atoms. The van der Waals surface area contributed by atoms with Crippen LogP contribution in [-0.4, -0.2) is 60.5 Å². The molecule has 0 aromatic carbocycles. The van der Waals surface area contributed by atoms with Crippen LogP contribution in [-0.2, 0) is 14.3 Å². The second kappa shape index (κ2) is 6.08. The van der Waals surface area contributed by atoms with Gasteiger partial charge in [0.2, 0.25) is 11.8 Å². The number of carbonyl (C=O) groups excluding carboxylic acids is 2. The molecule has 0 aromatic rings. The summed E-state index contributed by atoms with van der Waals surface area (Å²) in [5.74, 6) is 1.04. The van der Waals surface area contributed by atoms with Gasteiger partial charge in [-0.25, -0.2) is 0 Å². The molecule has 5 heteroatoms. The zero-order chi connectivity index (χ0) is 15.9. The Labute approximate surface area is 138 Å². The van der Waals surface area contributed by atoms with Crippen molar-refractivity contribution in [1.82, 2.24) is 9.80 Å². The molecule has 4 fully saturated rings. The summed E-state index contributed by atoms with van der Waals surface area (Å²) < 4.78 is 5.54. The summed E-state index contributed by atoms with van der Waals surface area (Å²) in [5, 5.41) is 0. The van der Waals surface area contributed by atoms with Gasteiger partial charge < -0.3 is 14.5 Å². The van der Waals surface area contributed by atoms with Crippen molar-refractivity contribution in [3.8, 4) is 0 Å². The van der Waals surface area contributed by atoms with Gasteiger partial charge >= 0.3 is 0 Å². The lowest BCUT2D eigenvalue weighted by atomic mass is 9.64.